The maximum atomic E-state index is 9.04. The average Bonchev–Trinajstić information content (AvgIpc) is 2.14. The van der Waals surface area contributed by atoms with E-state index in [1.807, 2.05) is 0 Å². The zero-order chi connectivity index (χ0) is 10.6. The van der Waals surface area contributed by atoms with E-state index in [2.05, 4.69) is 18.7 Å². The molecule has 0 heterocycles. The number of rotatable bonds is 6. The highest BCUT2D eigenvalue weighted by Crippen LogP contribution is 2.27. The molecule has 1 saturated carbocycles. The van der Waals surface area contributed by atoms with Crippen molar-refractivity contribution in [3.8, 4) is 0 Å². The fourth-order valence-corrected chi connectivity index (χ4v) is 2.44. The Labute approximate surface area is 87.3 Å². The summed E-state index contributed by atoms with van der Waals surface area (Å²) in [7, 11) is 0. The Morgan fingerprint density at radius 3 is 2.29 bits per heavy atom. The van der Waals surface area contributed by atoms with Gasteiger partial charge in [0.1, 0.15) is 0 Å². The van der Waals surface area contributed by atoms with Gasteiger partial charge < -0.3 is 10.8 Å². The predicted octanol–water partition coefficient (Wildman–Crippen LogP) is 0.959. The first kappa shape index (κ1) is 12.0. The predicted molar refractivity (Wildman–Crippen MR) is 59.2 cm³/mol. The molecular weight excluding hydrogens is 176 g/mol. The van der Waals surface area contributed by atoms with E-state index in [0.29, 0.717) is 18.1 Å². The zero-order valence-electron chi connectivity index (χ0n) is 9.45. The molecule has 1 aliphatic rings. The minimum absolute atomic E-state index is 0.266. The molecule has 0 aromatic carbocycles. The van der Waals surface area contributed by atoms with Gasteiger partial charge in [-0.1, -0.05) is 13.8 Å². The van der Waals surface area contributed by atoms with E-state index in [4.69, 9.17) is 10.8 Å². The molecule has 0 aromatic rings. The van der Waals surface area contributed by atoms with Gasteiger partial charge in [0, 0.05) is 24.7 Å². The van der Waals surface area contributed by atoms with Crippen LogP contribution < -0.4 is 5.73 Å². The molecule has 3 nitrogen and oxygen atoms in total. The van der Waals surface area contributed by atoms with Gasteiger partial charge >= 0.3 is 0 Å². The Balaban J connectivity index is 2.45. The van der Waals surface area contributed by atoms with Crippen LogP contribution in [0.1, 0.15) is 39.5 Å². The molecule has 84 valence electrons. The smallest absolute Gasteiger partial charge is 0.0558 e. The lowest BCUT2D eigenvalue weighted by Crippen LogP contribution is -2.54. The highest BCUT2D eigenvalue weighted by atomic mass is 16.3. The molecule has 0 aromatic heterocycles. The van der Waals surface area contributed by atoms with Crippen molar-refractivity contribution in [3.63, 3.8) is 0 Å². The van der Waals surface area contributed by atoms with E-state index in [1.54, 1.807) is 0 Å². The summed E-state index contributed by atoms with van der Waals surface area (Å²) in [5.74, 6) is 0. The van der Waals surface area contributed by atoms with Gasteiger partial charge in [-0.15, -0.1) is 0 Å². The molecule has 0 bridgehead atoms. The lowest BCUT2D eigenvalue weighted by Gasteiger charge is -2.45. The second-order valence-corrected chi connectivity index (χ2v) is 4.32. The third kappa shape index (κ3) is 2.69. The van der Waals surface area contributed by atoms with Crippen LogP contribution in [0, 0.1) is 0 Å². The second-order valence-electron chi connectivity index (χ2n) is 4.32. The third-order valence-electron chi connectivity index (χ3n) is 3.39. The summed E-state index contributed by atoms with van der Waals surface area (Å²) < 4.78 is 0. The Morgan fingerprint density at radius 2 is 1.93 bits per heavy atom. The van der Waals surface area contributed by atoms with Crippen molar-refractivity contribution in [3.05, 3.63) is 0 Å². The summed E-state index contributed by atoms with van der Waals surface area (Å²) in [4.78, 5) is 2.45. The van der Waals surface area contributed by atoms with E-state index >= 15 is 0 Å². The monoisotopic (exact) mass is 200 g/mol. The molecule has 1 fully saturated rings. The SMILES string of the molecule is CCC(CC)N(CCO)C1CC(N)C1. The van der Waals surface area contributed by atoms with Gasteiger partial charge in [0.2, 0.25) is 0 Å². The highest BCUT2D eigenvalue weighted by molar-refractivity contribution is 4.91. The van der Waals surface area contributed by atoms with Crippen molar-refractivity contribution in [2.24, 2.45) is 5.73 Å². The first-order valence-corrected chi connectivity index (χ1v) is 5.85. The molecule has 1 aliphatic carbocycles. The van der Waals surface area contributed by atoms with E-state index in [1.165, 1.54) is 12.8 Å². The maximum absolute atomic E-state index is 9.04. The quantitative estimate of drug-likeness (QED) is 0.671. The molecule has 0 unspecified atom stereocenters. The fraction of sp³-hybridized carbons (Fsp3) is 1.00. The molecule has 0 saturated heterocycles. The van der Waals surface area contributed by atoms with E-state index in [-0.39, 0.29) is 6.61 Å². The van der Waals surface area contributed by atoms with Gasteiger partial charge in [-0.25, -0.2) is 0 Å². The Kier molecular flexibility index (Phi) is 4.85. The zero-order valence-corrected chi connectivity index (χ0v) is 9.45. The largest absolute Gasteiger partial charge is 0.395 e. The maximum Gasteiger partial charge on any atom is 0.0558 e. The lowest BCUT2D eigenvalue weighted by molar-refractivity contribution is 0.0462. The van der Waals surface area contributed by atoms with Crippen LogP contribution in [0.4, 0.5) is 0 Å². The molecule has 0 radical (unpaired) electrons. The van der Waals surface area contributed by atoms with E-state index in [0.717, 1.165) is 19.4 Å². The molecule has 3 heteroatoms. The van der Waals surface area contributed by atoms with Gasteiger partial charge in [-0.2, -0.15) is 0 Å². The van der Waals surface area contributed by atoms with Crippen LogP contribution in [-0.2, 0) is 0 Å². The van der Waals surface area contributed by atoms with Gasteiger partial charge in [0.25, 0.3) is 0 Å². The van der Waals surface area contributed by atoms with Crippen LogP contribution in [0.5, 0.6) is 0 Å². The number of aliphatic hydroxyl groups is 1. The Bertz CT molecular complexity index is 153. The highest BCUT2D eigenvalue weighted by Gasteiger charge is 2.33. The van der Waals surface area contributed by atoms with Crippen molar-refractivity contribution >= 4 is 0 Å². The van der Waals surface area contributed by atoms with Crippen LogP contribution >= 0.6 is 0 Å². The number of nitrogens with zero attached hydrogens (tertiary/aromatic N) is 1. The summed E-state index contributed by atoms with van der Waals surface area (Å²) in [6, 6.07) is 1.65. The van der Waals surface area contributed by atoms with Gasteiger partial charge in [0.05, 0.1) is 6.61 Å². The number of hydrogen-bond acceptors (Lipinski definition) is 3. The number of aliphatic hydroxyl groups excluding tert-OH is 1. The molecular formula is C11H24N2O. The van der Waals surface area contributed by atoms with Crippen LogP contribution in [0.15, 0.2) is 0 Å². The molecule has 0 amide bonds. The molecule has 0 aliphatic heterocycles. The van der Waals surface area contributed by atoms with E-state index in [9.17, 15) is 0 Å². The standard InChI is InChI=1S/C11H24N2O/c1-3-10(4-2)13(5-6-14)11-7-9(12)8-11/h9-11,14H,3-8,12H2,1-2H3. The third-order valence-corrected chi connectivity index (χ3v) is 3.39. The summed E-state index contributed by atoms with van der Waals surface area (Å²) in [6.45, 7) is 5.51. The molecule has 0 atom stereocenters. The van der Waals surface area contributed by atoms with Crippen LogP contribution in [-0.4, -0.2) is 41.3 Å². The van der Waals surface area contributed by atoms with Gasteiger partial charge in [-0.3, -0.25) is 4.90 Å². The normalized spacial score (nSPS) is 27.0. The lowest BCUT2D eigenvalue weighted by atomic mass is 9.85. The molecule has 3 N–H and O–H groups in total. The topological polar surface area (TPSA) is 49.5 Å². The van der Waals surface area contributed by atoms with Crippen LogP contribution in [0.2, 0.25) is 0 Å². The average molecular weight is 200 g/mol. The summed E-state index contributed by atoms with van der Waals surface area (Å²) >= 11 is 0. The first-order valence-electron chi connectivity index (χ1n) is 5.85. The van der Waals surface area contributed by atoms with Gasteiger partial charge in [0.15, 0.2) is 0 Å². The molecule has 14 heavy (non-hydrogen) atoms. The first-order chi connectivity index (χ1) is 6.72. The fourth-order valence-electron chi connectivity index (χ4n) is 2.44. The second kappa shape index (κ2) is 5.69. The van der Waals surface area contributed by atoms with Crippen molar-refractivity contribution in [1.82, 2.24) is 4.90 Å². The van der Waals surface area contributed by atoms with E-state index < -0.39 is 0 Å². The summed E-state index contributed by atoms with van der Waals surface area (Å²) in [5, 5.41) is 9.04. The van der Waals surface area contributed by atoms with Crippen LogP contribution in [0.3, 0.4) is 0 Å². The minimum Gasteiger partial charge on any atom is -0.395 e. The van der Waals surface area contributed by atoms with Crippen LogP contribution in [0.25, 0.3) is 0 Å². The van der Waals surface area contributed by atoms with Crippen molar-refractivity contribution < 1.29 is 5.11 Å². The minimum atomic E-state index is 0.266. The Hall–Kier alpha value is -0.120. The summed E-state index contributed by atoms with van der Waals surface area (Å²) in [6.07, 6.45) is 4.55. The number of hydrogen-bond donors (Lipinski definition) is 2. The van der Waals surface area contributed by atoms with Crippen molar-refractivity contribution in [1.29, 1.82) is 0 Å². The molecule has 1 rings (SSSR count). The Morgan fingerprint density at radius 1 is 1.36 bits per heavy atom. The van der Waals surface area contributed by atoms with Gasteiger partial charge in [-0.05, 0) is 25.7 Å². The van der Waals surface area contributed by atoms with Crippen molar-refractivity contribution in [2.75, 3.05) is 13.2 Å². The number of nitrogens with two attached hydrogens (primary N) is 1. The summed E-state index contributed by atoms with van der Waals surface area (Å²) in [5.41, 5.74) is 5.80. The molecule has 0 spiro atoms. The van der Waals surface area contributed by atoms with Crippen molar-refractivity contribution in [2.45, 2.75) is 57.7 Å².